The van der Waals surface area contributed by atoms with Gasteiger partial charge in [0.1, 0.15) is 7.11 Å². The van der Waals surface area contributed by atoms with Crippen LogP contribution in [0.25, 0.3) is 0 Å². The van der Waals surface area contributed by atoms with Crippen LogP contribution >= 0.6 is 0 Å². The molecule has 0 saturated carbocycles. The van der Waals surface area contributed by atoms with Gasteiger partial charge in [-0.05, 0) is 36.3 Å². The molecule has 1 heterocycles. The van der Waals surface area contributed by atoms with E-state index in [9.17, 15) is 0 Å². The number of rotatable bonds is 12. The zero-order chi connectivity index (χ0) is 16.0. The van der Waals surface area contributed by atoms with Crippen LogP contribution in [-0.2, 0) is 4.84 Å². The third-order valence-electron chi connectivity index (χ3n) is 4.22. The lowest BCUT2D eigenvalue weighted by Gasteiger charge is -2.11. The molecule has 0 amide bonds. The Balaban J connectivity index is 1.94. The van der Waals surface area contributed by atoms with Gasteiger partial charge >= 0.3 is 0 Å². The van der Waals surface area contributed by atoms with E-state index in [2.05, 4.69) is 30.1 Å². The molecule has 0 fully saturated rings. The Kier molecular flexibility index (Phi) is 10.3. The van der Waals surface area contributed by atoms with Gasteiger partial charge in [-0.25, -0.2) is 0 Å². The number of unbranched alkanes of at least 4 members (excludes halogenated alkanes) is 5. The van der Waals surface area contributed by atoms with Crippen molar-refractivity contribution >= 4 is 6.21 Å². The summed E-state index contributed by atoms with van der Waals surface area (Å²) in [6.45, 7) is 4.50. The zero-order valence-corrected chi connectivity index (χ0v) is 14.5. The van der Waals surface area contributed by atoms with Gasteiger partial charge in [0.2, 0.25) is 0 Å². The maximum absolute atomic E-state index is 4.70. The van der Waals surface area contributed by atoms with Crippen molar-refractivity contribution in [3.63, 3.8) is 0 Å². The number of hydrogen-bond acceptors (Lipinski definition) is 3. The average Bonchev–Trinajstić information content (AvgIpc) is 2.55. The Labute approximate surface area is 136 Å². The number of aromatic nitrogens is 1. The summed E-state index contributed by atoms with van der Waals surface area (Å²) < 4.78 is 0. The van der Waals surface area contributed by atoms with E-state index in [1.54, 1.807) is 7.11 Å². The highest BCUT2D eigenvalue weighted by Gasteiger charge is 2.04. The standard InChI is InChI=1S/C19H32N2O/c1-17(15-21-22-3)11-8-6-4-5-7-9-12-18(2)19-13-10-14-20-16-19/h10,13-18H,4-9,11-12H2,1-3H3/b21-15+. The van der Waals surface area contributed by atoms with E-state index in [0.29, 0.717) is 11.8 Å². The molecular formula is C19H32N2O. The Morgan fingerprint density at radius 2 is 1.77 bits per heavy atom. The van der Waals surface area contributed by atoms with Crippen molar-refractivity contribution in [3.8, 4) is 0 Å². The van der Waals surface area contributed by atoms with Gasteiger partial charge in [-0.1, -0.05) is 63.6 Å². The molecule has 1 aromatic rings. The van der Waals surface area contributed by atoms with E-state index in [4.69, 9.17) is 4.84 Å². The highest BCUT2D eigenvalue weighted by Crippen LogP contribution is 2.21. The molecule has 3 nitrogen and oxygen atoms in total. The first-order valence-electron chi connectivity index (χ1n) is 8.70. The quantitative estimate of drug-likeness (QED) is 0.287. The summed E-state index contributed by atoms with van der Waals surface area (Å²) in [5.41, 5.74) is 1.37. The van der Waals surface area contributed by atoms with Gasteiger partial charge in [0, 0.05) is 18.6 Å². The van der Waals surface area contributed by atoms with Gasteiger partial charge < -0.3 is 4.84 Å². The molecule has 0 radical (unpaired) electrons. The molecule has 1 rings (SSSR count). The van der Waals surface area contributed by atoms with Gasteiger partial charge in [-0.15, -0.1) is 0 Å². The summed E-state index contributed by atoms with van der Waals surface area (Å²) in [6, 6.07) is 4.22. The van der Waals surface area contributed by atoms with Crippen LogP contribution < -0.4 is 0 Å². The van der Waals surface area contributed by atoms with Crippen LogP contribution in [0.15, 0.2) is 29.7 Å². The van der Waals surface area contributed by atoms with Crippen molar-refractivity contribution in [1.82, 2.24) is 4.98 Å². The van der Waals surface area contributed by atoms with Crippen molar-refractivity contribution in [1.29, 1.82) is 0 Å². The van der Waals surface area contributed by atoms with E-state index >= 15 is 0 Å². The Hall–Kier alpha value is -1.38. The van der Waals surface area contributed by atoms with Crippen LogP contribution in [0.3, 0.4) is 0 Å². The summed E-state index contributed by atoms with van der Waals surface area (Å²) in [5.74, 6) is 1.16. The van der Waals surface area contributed by atoms with Gasteiger partial charge in [-0.3, -0.25) is 4.98 Å². The Morgan fingerprint density at radius 1 is 1.09 bits per heavy atom. The molecule has 124 valence electrons. The van der Waals surface area contributed by atoms with Crippen LogP contribution in [-0.4, -0.2) is 18.3 Å². The summed E-state index contributed by atoms with van der Waals surface area (Å²) in [5, 5.41) is 3.82. The lowest BCUT2D eigenvalue weighted by molar-refractivity contribution is 0.213. The first kappa shape index (κ1) is 18.7. The zero-order valence-electron chi connectivity index (χ0n) is 14.5. The van der Waals surface area contributed by atoms with E-state index in [-0.39, 0.29) is 0 Å². The van der Waals surface area contributed by atoms with E-state index < -0.39 is 0 Å². The fourth-order valence-corrected chi connectivity index (χ4v) is 2.70. The molecule has 0 aromatic carbocycles. The van der Waals surface area contributed by atoms with Gasteiger partial charge in [0.15, 0.2) is 0 Å². The van der Waals surface area contributed by atoms with Crippen LogP contribution in [0.2, 0.25) is 0 Å². The minimum Gasteiger partial charge on any atom is -0.399 e. The average molecular weight is 304 g/mol. The molecule has 22 heavy (non-hydrogen) atoms. The van der Waals surface area contributed by atoms with Gasteiger partial charge in [-0.2, -0.15) is 0 Å². The highest BCUT2D eigenvalue weighted by atomic mass is 16.6. The van der Waals surface area contributed by atoms with Crippen molar-refractivity contribution in [2.75, 3.05) is 7.11 Å². The van der Waals surface area contributed by atoms with Crippen molar-refractivity contribution < 1.29 is 4.84 Å². The van der Waals surface area contributed by atoms with Crippen LogP contribution in [0.4, 0.5) is 0 Å². The molecule has 0 aliphatic rings. The monoisotopic (exact) mass is 304 g/mol. The molecule has 0 N–H and O–H groups in total. The Morgan fingerprint density at radius 3 is 2.41 bits per heavy atom. The van der Waals surface area contributed by atoms with Gasteiger partial charge in [0.05, 0.1) is 0 Å². The number of pyridine rings is 1. The predicted octanol–water partition coefficient (Wildman–Crippen LogP) is 5.57. The largest absolute Gasteiger partial charge is 0.399 e. The van der Waals surface area contributed by atoms with Crippen molar-refractivity contribution in [2.45, 2.75) is 71.1 Å². The smallest absolute Gasteiger partial charge is 0.106 e. The topological polar surface area (TPSA) is 34.5 Å². The fourth-order valence-electron chi connectivity index (χ4n) is 2.70. The molecule has 2 atom stereocenters. The van der Waals surface area contributed by atoms with E-state index in [1.807, 2.05) is 24.7 Å². The van der Waals surface area contributed by atoms with Crippen molar-refractivity contribution in [2.24, 2.45) is 11.1 Å². The summed E-state index contributed by atoms with van der Waals surface area (Å²) in [6.07, 6.45) is 16.3. The molecule has 3 heteroatoms. The maximum Gasteiger partial charge on any atom is 0.106 e. The predicted molar refractivity (Wildman–Crippen MR) is 94.3 cm³/mol. The summed E-state index contributed by atoms with van der Waals surface area (Å²) >= 11 is 0. The first-order valence-corrected chi connectivity index (χ1v) is 8.70. The molecule has 0 saturated heterocycles. The van der Waals surface area contributed by atoms with Crippen LogP contribution in [0.1, 0.15) is 76.7 Å². The minimum atomic E-state index is 0.528. The number of nitrogens with zero attached hydrogens (tertiary/aromatic N) is 2. The molecule has 1 aromatic heterocycles. The SMILES string of the molecule is CO/N=C/C(C)CCCCCCCCC(C)c1cccnc1. The second-order valence-electron chi connectivity index (χ2n) is 6.30. The van der Waals surface area contributed by atoms with Gasteiger partial charge in [0.25, 0.3) is 0 Å². The third kappa shape index (κ3) is 8.81. The number of hydrogen-bond donors (Lipinski definition) is 0. The second kappa shape index (κ2) is 12.2. The minimum absolute atomic E-state index is 0.528. The van der Waals surface area contributed by atoms with Crippen LogP contribution in [0, 0.1) is 5.92 Å². The maximum atomic E-state index is 4.70. The molecule has 0 aliphatic carbocycles. The lowest BCUT2D eigenvalue weighted by Crippen LogP contribution is -1.96. The summed E-state index contributed by atoms with van der Waals surface area (Å²) in [7, 11) is 1.60. The highest BCUT2D eigenvalue weighted by molar-refractivity contribution is 5.59. The number of oxime groups is 1. The lowest BCUT2D eigenvalue weighted by atomic mass is 9.96. The fraction of sp³-hybridized carbons (Fsp3) is 0.684. The third-order valence-corrected chi connectivity index (χ3v) is 4.22. The molecule has 0 aliphatic heterocycles. The second-order valence-corrected chi connectivity index (χ2v) is 6.30. The molecule has 0 bridgehead atoms. The Bertz CT molecular complexity index is 392. The summed E-state index contributed by atoms with van der Waals surface area (Å²) in [4.78, 5) is 8.90. The molecule has 2 unspecified atom stereocenters. The normalized spacial score (nSPS) is 14.1. The molecule has 0 spiro atoms. The van der Waals surface area contributed by atoms with E-state index in [0.717, 1.165) is 0 Å². The van der Waals surface area contributed by atoms with Crippen LogP contribution in [0.5, 0.6) is 0 Å². The molecular weight excluding hydrogens is 272 g/mol. The van der Waals surface area contributed by atoms with E-state index in [1.165, 1.54) is 56.9 Å². The first-order chi connectivity index (χ1) is 10.7. The van der Waals surface area contributed by atoms with Crippen molar-refractivity contribution in [3.05, 3.63) is 30.1 Å².